The number of hydrogen-bond acceptors (Lipinski definition) is 2. The molecule has 3 rings (SSSR count). The summed E-state index contributed by atoms with van der Waals surface area (Å²) in [5.41, 5.74) is 1.34. The van der Waals surface area contributed by atoms with Gasteiger partial charge in [-0.05, 0) is 49.7 Å². The van der Waals surface area contributed by atoms with E-state index >= 15 is 0 Å². The zero-order valence-corrected chi connectivity index (χ0v) is 15.0. The van der Waals surface area contributed by atoms with Crippen LogP contribution in [0.3, 0.4) is 0 Å². The van der Waals surface area contributed by atoms with E-state index in [9.17, 15) is 14.7 Å². The van der Waals surface area contributed by atoms with Crippen molar-refractivity contribution in [1.82, 2.24) is 4.90 Å². The first kappa shape index (κ1) is 18.0. The first-order valence-electron chi connectivity index (χ1n) is 9.75. The molecule has 1 aromatic rings. The summed E-state index contributed by atoms with van der Waals surface area (Å²) in [6, 6.07) is 7.29. The molecule has 0 unspecified atom stereocenters. The lowest BCUT2D eigenvalue weighted by molar-refractivity contribution is -0.137. The quantitative estimate of drug-likeness (QED) is 0.836. The average molecular weight is 343 g/mol. The Bertz CT molecular complexity index is 597. The number of carbonyl (C=O) groups excluding carboxylic acids is 1. The lowest BCUT2D eigenvalue weighted by atomic mass is 9.87. The van der Waals surface area contributed by atoms with Gasteiger partial charge in [0, 0.05) is 19.0 Å². The van der Waals surface area contributed by atoms with Crippen molar-refractivity contribution in [2.75, 3.05) is 13.1 Å². The molecule has 0 aromatic heterocycles. The molecule has 1 saturated heterocycles. The summed E-state index contributed by atoms with van der Waals surface area (Å²) < 4.78 is 0. The monoisotopic (exact) mass is 343 g/mol. The van der Waals surface area contributed by atoms with Gasteiger partial charge in [0.1, 0.15) is 0 Å². The van der Waals surface area contributed by atoms with Crippen LogP contribution in [0.5, 0.6) is 0 Å². The second kappa shape index (κ2) is 8.50. The maximum Gasteiger partial charge on any atom is 0.335 e. The van der Waals surface area contributed by atoms with Crippen LogP contribution in [0.25, 0.3) is 0 Å². The fourth-order valence-electron chi connectivity index (χ4n) is 4.36. The number of carbonyl (C=O) groups is 2. The molecule has 1 amide bonds. The normalized spacial score (nSPS) is 20.2. The molecule has 1 N–H and O–H groups in total. The van der Waals surface area contributed by atoms with Crippen molar-refractivity contribution in [2.24, 2.45) is 11.8 Å². The highest BCUT2D eigenvalue weighted by molar-refractivity contribution is 5.89. The molecule has 25 heavy (non-hydrogen) atoms. The highest BCUT2D eigenvalue weighted by Crippen LogP contribution is 2.28. The van der Waals surface area contributed by atoms with Crippen LogP contribution in [0.15, 0.2) is 24.3 Å². The SMILES string of the molecule is O=C(O)c1ccccc1CC1CCN(C(=O)C2CCCCCC2)CC1. The number of rotatable bonds is 4. The number of piperidine rings is 1. The summed E-state index contributed by atoms with van der Waals surface area (Å²) in [6.07, 6.45) is 9.81. The molecule has 0 atom stereocenters. The maximum absolute atomic E-state index is 12.8. The van der Waals surface area contributed by atoms with E-state index in [0.717, 1.165) is 50.8 Å². The van der Waals surface area contributed by atoms with Gasteiger partial charge in [-0.3, -0.25) is 4.79 Å². The molecule has 2 fully saturated rings. The van der Waals surface area contributed by atoms with Crippen LogP contribution in [0.4, 0.5) is 0 Å². The molecule has 2 aliphatic rings. The van der Waals surface area contributed by atoms with E-state index in [2.05, 4.69) is 4.90 Å². The Morgan fingerprint density at radius 1 is 0.960 bits per heavy atom. The Kier molecular flexibility index (Phi) is 6.11. The van der Waals surface area contributed by atoms with Gasteiger partial charge >= 0.3 is 5.97 Å². The highest BCUT2D eigenvalue weighted by Gasteiger charge is 2.29. The van der Waals surface area contributed by atoms with Crippen molar-refractivity contribution in [2.45, 2.75) is 57.8 Å². The Morgan fingerprint density at radius 3 is 2.24 bits per heavy atom. The molecular weight excluding hydrogens is 314 g/mol. The van der Waals surface area contributed by atoms with Crippen molar-refractivity contribution < 1.29 is 14.7 Å². The molecule has 1 saturated carbocycles. The third-order valence-corrected chi connectivity index (χ3v) is 5.89. The van der Waals surface area contributed by atoms with Gasteiger partial charge in [-0.15, -0.1) is 0 Å². The van der Waals surface area contributed by atoms with Crippen molar-refractivity contribution >= 4 is 11.9 Å². The topological polar surface area (TPSA) is 57.6 Å². The maximum atomic E-state index is 12.8. The Hall–Kier alpha value is -1.84. The van der Waals surface area contributed by atoms with Gasteiger partial charge in [0.25, 0.3) is 0 Å². The average Bonchev–Trinajstić information content (AvgIpc) is 2.91. The van der Waals surface area contributed by atoms with Crippen LogP contribution >= 0.6 is 0 Å². The number of carboxylic acids is 1. The van der Waals surface area contributed by atoms with Gasteiger partial charge < -0.3 is 10.0 Å². The summed E-state index contributed by atoms with van der Waals surface area (Å²) in [5.74, 6) is 0.230. The minimum Gasteiger partial charge on any atom is -0.478 e. The molecule has 4 nitrogen and oxygen atoms in total. The van der Waals surface area contributed by atoms with E-state index in [0.29, 0.717) is 17.4 Å². The number of likely N-dealkylation sites (tertiary alicyclic amines) is 1. The molecule has 0 spiro atoms. The molecule has 0 bridgehead atoms. The number of carboxylic acid groups (broad SMARTS) is 1. The van der Waals surface area contributed by atoms with Gasteiger partial charge in [0.2, 0.25) is 5.91 Å². The fraction of sp³-hybridized carbons (Fsp3) is 0.619. The first-order valence-corrected chi connectivity index (χ1v) is 9.75. The minimum absolute atomic E-state index is 0.242. The number of nitrogens with zero attached hydrogens (tertiary/aromatic N) is 1. The third-order valence-electron chi connectivity index (χ3n) is 5.89. The van der Waals surface area contributed by atoms with Crippen molar-refractivity contribution in [3.63, 3.8) is 0 Å². The van der Waals surface area contributed by atoms with Crippen LogP contribution < -0.4 is 0 Å². The Labute approximate surface area is 150 Å². The van der Waals surface area contributed by atoms with Crippen LogP contribution in [-0.2, 0) is 11.2 Å². The van der Waals surface area contributed by atoms with E-state index in [-0.39, 0.29) is 5.92 Å². The summed E-state index contributed by atoms with van der Waals surface area (Å²) in [4.78, 5) is 26.2. The van der Waals surface area contributed by atoms with Crippen LogP contribution in [0, 0.1) is 11.8 Å². The first-order chi connectivity index (χ1) is 12.1. The fourth-order valence-corrected chi connectivity index (χ4v) is 4.36. The number of hydrogen-bond donors (Lipinski definition) is 1. The van der Waals surface area contributed by atoms with E-state index in [1.165, 1.54) is 25.7 Å². The Balaban J connectivity index is 1.53. The largest absolute Gasteiger partial charge is 0.478 e. The molecule has 1 aliphatic heterocycles. The molecular formula is C21H29NO3. The smallest absolute Gasteiger partial charge is 0.335 e. The van der Waals surface area contributed by atoms with Crippen LogP contribution in [0.1, 0.15) is 67.3 Å². The third kappa shape index (κ3) is 4.62. The zero-order chi connectivity index (χ0) is 17.6. The molecule has 1 aromatic carbocycles. The molecule has 0 radical (unpaired) electrons. The highest BCUT2D eigenvalue weighted by atomic mass is 16.4. The summed E-state index contributed by atoms with van der Waals surface area (Å²) >= 11 is 0. The second-order valence-electron chi connectivity index (χ2n) is 7.62. The zero-order valence-electron chi connectivity index (χ0n) is 15.0. The predicted octanol–water partition coefficient (Wildman–Crippen LogP) is 4.14. The molecule has 1 aliphatic carbocycles. The lowest BCUT2D eigenvalue weighted by Crippen LogP contribution is -2.42. The molecule has 136 valence electrons. The van der Waals surface area contributed by atoms with E-state index < -0.39 is 5.97 Å². The van der Waals surface area contributed by atoms with Crippen LogP contribution in [-0.4, -0.2) is 35.0 Å². The van der Waals surface area contributed by atoms with Gasteiger partial charge in [-0.2, -0.15) is 0 Å². The second-order valence-corrected chi connectivity index (χ2v) is 7.62. The number of benzene rings is 1. The van der Waals surface area contributed by atoms with E-state index in [1.54, 1.807) is 12.1 Å². The van der Waals surface area contributed by atoms with Gasteiger partial charge in [0.15, 0.2) is 0 Å². The summed E-state index contributed by atoms with van der Waals surface area (Å²) in [6.45, 7) is 1.66. The molecule has 4 heteroatoms. The van der Waals surface area contributed by atoms with E-state index in [1.807, 2.05) is 12.1 Å². The van der Waals surface area contributed by atoms with E-state index in [4.69, 9.17) is 0 Å². The lowest BCUT2D eigenvalue weighted by Gasteiger charge is -2.34. The predicted molar refractivity (Wildman–Crippen MR) is 97.6 cm³/mol. The number of amides is 1. The standard InChI is InChI=1S/C21H29NO3/c23-20(17-7-3-1-2-4-8-17)22-13-11-16(12-14-22)15-18-9-5-6-10-19(18)21(24)25/h5-6,9-10,16-17H,1-4,7-8,11-15H2,(H,24,25). The summed E-state index contributed by atoms with van der Waals surface area (Å²) in [5, 5.41) is 9.32. The summed E-state index contributed by atoms with van der Waals surface area (Å²) in [7, 11) is 0. The number of aromatic carboxylic acids is 1. The van der Waals surface area contributed by atoms with Gasteiger partial charge in [-0.25, -0.2) is 4.79 Å². The van der Waals surface area contributed by atoms with Crippen molar-refractivity contribution in [3.05, 3.63) is 35.4 Å². The molecule has 1 heterocycles. The van der Waals surface area contributed by atoms with Gasteiger partial charge in [0.05, 0.1) is 5.56 Å². The van der Waals surface area contributed by atoms with Gasteiger partial charge in [-0.1, -0.05) is 43.9 Å². The van der Waals surface area contributed by atoms with Crippen LogP contribution in [0.2, 0.25) is 0 Å². The van der Waals surface area contributed by atoms with Crippen molar-refractivity contribution in [3.8, 4) is 0 Å². The van der Waals surface area contributed by atoms with Crippen molar-refractivity contribution in [1.29, 1.82) is 0 Å². The minimum atomic E-state index is -0.850. The Morgan fingerprint density at radius 2 is 1.60 bits per heavy atom.